The Hall–Kier alpha value is -7.00. The second-order valence-electron chi connectivity index (χ2n) is 15.5. The van der Waals surface area contributed by atoms with E-state index in [2.05, 4.69) is 205 Å². The summed E-state index contributed by atoms with van der Waals surface area (Å²) in [7, 11) is 0. The van der Waals surface area contributed by atoms with Crippen molar-refractivity contribution in [2.75, 3.05) is 4.90 Å². The summed E-state index contributed by atoms with van der Waals surface area (Å²) in [5.74, 6) is 0. The van der Waals surface area contributed by atoms with Crippen LogP contribution in [0.3, 0.4) is 0 Å². The topological polar surface area (TPSA) is 3.24 Å². The van der Waals surface area contributed by atoms with Crippen molar-refractivity contribution in [2.24, 2.45) is 0 Å². The van der Waals surface area contributed by atoms with Crippen LogP contribution in [0.2, 0.25) is 0 Å². The molecule has 1 nitrogen and oxygen atoms in total. The van der Waals surface area contributed by atoms with Crippen molar-refractivity contribution in [3.05, 3.63) is 222 Å². The highest BCUT2D eigenvalue weighted by Crippen LogP contribution is 2.64. The van der Waals surface area contributed by atoms with Gasteiger partial charge in [-0.25, -0.2) is 0 Å². The van der Waals surface area contributed by atoms with E-state index in [-0.39, 0.29) is 0 Å². The number of rotatable bonds is 1. The molecule has 2 heterocycles. The van der Waals surface area contributed by atoms with Crippen LogP contribution in [0.4, 0.5) is 17.1 Å². The second kappa shape index (κ2) is 11.5. The molecule has 0 amide bonds. The van der Waals surface area contributed by atoms with Crippen LogP contribution in [0.15, 0.2) is 200 Å². The lowest BCUT2D eigenvalue weighted by Crippen LogP contribution is -2.29. The first-order valence-electron chi connectivity index (χ1n) is 19.8. The van der Waals surface area contributed by atoms with Gasteiger partial charge in [0.05, 0.1) is 16.8 Å². The minimum atomic E-state index is -0.592. The Morgan fingerprint density at radius 1 is 0.333 bits per heavy atom. The van der Waals surface area contributed by atoms with E-state index in [9.17, 15) is 0 Å². The molecule has 13 rings (SSSR count). The van der Waals surface area contributed by atoms with Gasteiger partial charge in [-0.1, -0.05) is 170 Å². The number of hydrogen-bond acceptors (Lipinski definition) is 2. The number of anilines is 3. The summed E-state index contributed by atoms with van der Waals surface area (Å²) in [6.07, 6.45) is 0. The van der Waals surface area contributed by atoms with E-state index < -0.39 is 5.41 Å². The van der Waals surface area contributed by atoms with Crippen LogP contribution in [0, 0.1) is 0 Å². The Labute approximate surface area is 335 Å². The van der Waals surface area contributed by atoms with E-state index in [0.29, 0.717) is 0 Å². The van der Waals surface area contributed by atoms with E-state index >= 15 is 0 Å². The van der Waals surface area contributed by atoms with Crippen molar-refractivity contribution in [1.82, 2.24) is 0 Å². The predicted octanol–water partition coefficient (Wildman–Crippen LogP) is 15.2. The fraction of sp³-hybridized carbons (Fsp3) is 0.0182. The molecule has 2 heteroatoms. The van der Waals surface area contributed by atoms with Gasteiger partial charge in [-0.05, 0) is 91.5 Å². The summed E-state index contributed by atoms with van der Waals surface area (Å²) in [6, 6.07) is 75.3. The Morgan fingerprint density at radius 2 is 0.825 bits per heavy atom. The predicted molar refractivity (Wildman–Crippen MR) is 240 cm³/mol. The van der Waals surface area contributed by atoms with Crippen LogP contribution in [-0.2, 0) is 5.41 Å². The molecule has 0 fully saturated rings. The number of nitrogens with zero attached hydrogens (tertiary/aromatic N) is 1. The van der Waals surface area contributed by atoms with Gasteiger partial charge in [-0.2, -0.15) is 0 Å². The lowest BCUT2D eigenvalue weighted by Gasteiger charge is -2.36. The maximum Gasteiger partial charge on any atom is 0.0726 e. The van der Waals surface area contributed by atoms with Crippen molar-refractivity contribution in [3.8, 4) is 55.6 Å². The lowest BCUT2D eigenvalue weighted by atomic mass is 9.65. The number of hydrogen-bond donors (Lipinski definition) is 0. The average molecular weight is 740 g/mol. The Morgan fingerprint density at radius 3 is 1.49 bits per heavy atom. The molecule has 1 spiro atoms. The van der Waals surface area contributed by atoms with Gasteiger partial charge >= 0.3 is 0 Å². The molecular formula is C55H33NS. The van der Waals surface area contributed by atoms with Crippen LogP contribution >= 0.6 is 11.3 Å². The molecule has 0 N–H and O–H groups in total. The van der Waals surface area contributed by atoms with Crippen LogP contribution in [0.1, 0.15) is 22.3 Å². The molecule has 1 atom stereocenters. The first kappa shape index (κ1) is 31.2. The van der Waals surface area contributed by atoms with Crippen molar-refractivity contribution in [3.63, 3.8) is 0 Å². The number of thiophene rings is 1. The van der Waals surface area contributed by atoms with Gasteiger partial charge in [0.1, 0.15) is 0 Å². The largest absolute Gasteiger partial charge is 0.309 e. The number of para-hydroxylation sites is 2. The average Bonchev–Trinajstić information content (AvgIpc) is 3.73. The van der Waals surface area contributed by atoms with E-state index in [1.807, 2.05) is 11.3 Å². The third-order valence-electron chi connectivity index (χ3n) is 12.9. The smallest absolute Gasteiger partial charge is 0.0726 e. The fourth-order valence-electron chi connectivity index (χ4n) is 10.6. The summed E-state index contributed by atoms with van der Waals surface area (Å²) in [5.41, 5.74) is 21.0. The zero-order chi connectivity index (χ0) is 37.2. The van der Waals surface area contributed by atoms with Crippen LogP contribution in [0.25, 0.3) is 75.8 Å². The van der Waals surface area contributed by atoms with Gasteiger partial charge in [0, 0.05) is 42.6 Å². The summed E-state index contributed by atoms with van der Waals surface area (Å²) >= 11 is 1.93. The van der Waals surface area contributed by atoms with Crippen molar-refractivity contribution < 1.29 is 0 Å². The molecule has 0 saturated heterocycles. The van der Waals surface area contributed by atoms with E-state index in [1.54, 1.807) is 0 Å². The Bertz CT molecular complexity index is 3260. The number of fused-ring (bicyclic) bond motifs is 21. The zero-order valence-corrected chi connectivity index (χ0v) is 31.7. The van der Waals surface area contributed by atoms with Gasteiger partial charge < -0.3 is 4.90 Å². The van der Waals surface area contributed by atoms with Crippen molar-refractivity contribution in [1.29, 1.82) is 0 Å². The molecule has 0 radical (unpaired) electrons. The van der Waals surface area contributed by atoms with Crippen LogP contribution in [-0.4, -0.2) is 0 Å². The minimum absolute atomic E-state index is 0.592. The molecule has 0 saturated carbocycles. The van der Waals surface area contributed by atoms with Gasteiger partial charge in [-0.15, -0.1) is 11.3 Å². The first-order chi connectivity index (χ1) is 28.3. The Balaban J connectivity index is 1.19. The summed E-state index contributed by atoms with van der Waals surface area (Å²) in [5, 5.41) is 2.66. The summed E-state index contributed by atoms with van der Waals surface area (Å²) in [6.45, 7) is 0. The molecule has 264 valence electrons. The molecule has 3 aliphatic rings. The summed E-state index contributed by atoms with van der Waals surface area (Å²) < 4.78 is 2.69. The molecule has 0 bridgehead atoms. The summed E-state index contributed by atoms with van der Waals surface area (Å²) in [4.78, 5) is 2.51. The highest BCUT2D eigenvalue weighted by atomic mass is 32.1. The van der Waals surface area contributed by atoms with E-state index in [4.69, 9.17) is 0 Å². The first-order valence-corrected chi connectivity index (χ1v) is 20.6. The molecule has 1 aromatic heterocycles. The van der Waals surface area contributed by atoms with Gasteiger partial charge in [0.25, 0.3) is 0 Å². The quantitative estimate of drug-likeness (QED) is 0.162. The minimum Gasteiger partial charge on any atom is -0.309 e. The van der Waals surface area contributed by atoms with Crippen LogP contribution < -0.4 is 4.90 Å². The normalized spacial score (nSPS) is 15.4. The monoisotopic (exact) mass is 739 g/mol. The molecule has 1 aliphatic heterocycles. The number of benzene rings is 9. The third-order valence-corrected chi connectivity index (χ3v) is 14.1. The fourth-order valence-corrected chi connectivity index (χ4v) is 11.9. The lowest BCUT2D eigenvalue weighted by molar-refractivity contribution is 0.776. The standard InChI is InChI=1S/C55H33NS/c1-2-16-36-35(15-1)39-19-5-10-24-46(39)55(47-25-11-6-23-45(47)53-48(55)32-31-44-43-22-9-14-28-52(43)57-54(44)53)49-33-34(29-30-40(36)49)56-50-26-12-7-20-41(50)37-17-3-4-18-38(37)42-21-8-13-27-51(42)56/h1-33H. The highest BCUT2D eigenvalue weighted by molar-refractivity contribution is 7.26. The van der Waals surface area contributed by atoms with E-state index in [1.165, 1.54) is 109 Å². The van der Waals surface area contributed by atoms with Gasteiger partial charge in [0.15, 0.2) is 0 Å². The zero-order valence-electron chi connectivity index (χ0n) is 30.9. The maximum absolute atomic E-state index is 2.54. The van der Waals surface area contributed by atoms with Crippen molar-refractivity contribution in [2.45, 2.75) is 5.41 Å². The molecule has 2 aliphatic carbocycles. The molecule has 10 aromatic rings. The Kier molecular flexibility index (Phi) is 6.31. The van der Waals surface area contributed by atoms with Gasteiger partial charge in [0.2, 0.25) is 0 Å². The second-order valence-corrected chi connectivity index (χ2v) is 16.5. The molecule has 9 aromatic carbocycles. The van der Waals surface area contributed by atoms with E-state index in [0.717, 1.165) is 5.69 Å². The molecule has 57 heavy (non-hydrogen) atoms. The maximum atomic E-state index is 2.54. The third kappa shape index (κ3) is 4.02. The van der Waals surface area contributed by atoms with Crippen LogP contribution in [0.5, 0.6) is 0 Å². The molecule has 1 unspecified atom stereocenters. The SMILES string of the molecule is c1ccc2c(c1)-c1ccccc1N(c1ccc3c(c1)C1(c4ccccc4-c4ccccc4-3)c3ccccc3-c3c1ccc1c3sc3ccccc31)c1ccccc1-2. The van der Waals surface area contributed by atoms with Crippen molar-refractivity contribution >= 4 is 48.6 Å². The highest BCUT2D eigenvalue weighted by Gasteiger charge is 2.50. The molecular weight excluding hydrogens is 707 g/mol. The van der Waals surface area contributed by atoms with Gasteiger partial charge in [-0.3, -0.25) is 0 Å².